The Morgan fingerprint density at radius 3 is 2.65 bits per heavy atom. The van der Waals surface area contributed by atoms with Crippen LogP contribution >= 0.6 is 27.5 Å². The number of halogens is 2. The summed E-state index contributed by atoms with van der Waals surface area (Å²) in [6.45, 7) is 0.530. The fraction of sp³-hybridized carbons (Fsp3) is 0.455. The van der Waals surface area contributed by atoms with E-state index >= 15 is 0 Å². The van der Waals surface area contributed by atoms with Gasteiger partial charge in [0.25, 0.3) is 0 Å². The molecule has 1 aromatic rings. The highest BCUT2D eigenvalue weighted by atomic mass is 79.9. The van der Waals surface area contributed by atoms with Gasteiger partial charge in [0, 0.05) is 11.0 Å². The highest BCUT2D eigenvalue weighted by molar-refractivity contribution is 9.10. The maximum atomic E-state index is 12.0. The van der Waals surface area contributed by atoms with E-state index in [2.05, 4.69) is 20.7 Å². The zero-order chi connectivity index (χ0) is 12.5. The first-order chi connectivity index (χ1) is 7.99. The molecule has 17 heavy (non-hydrogen) atoms. The third-order valence-corrected chi connectivity index (χ3v) is 5.62. The molecule has 0 amide bonds. The zero-order valence-electron chi connectivity index (χ0n) is 9.12. The number of benzene rings is 1. The van der Waals surface area contributed by atoms with Crippen LogP contribution in [0.5, 0.6) is 0 Å². The fourth-order valence-electron chi connectivity index (χ4n) is 1.65. The average molecular weight is 339 g/mol. The normalized spacial score (nSPS) is 16.8. The highest BCUT2D eigenvalue weighted by Gasteiger charge is 2.21. The lowest BCUT2D eigenvalue weighted by Gasteiger charge is -2.25. The molecule has 0 aromatic heterocycles. The molecule has 0 bridgehead atoms. The van der Waals surface area contributed by atoms with Crippen LogP contribution in [0.15, 0.2) is 27.6 Å². The molecule has 0 saturated heterocycles. The largest absolute Gasteiger partial charge is 0.240 e. The van der Waals surface area contributed by atoms with Gasteiger partial charge in [-0.15, -0.1) is 0 Å². The average Bonchev–Trinajstić information content (AvgIpc) is 2.19. The number of hydrogen-bond donors (Lipinski definition) is 1. The van der Waals surface area contributed by atoms with E-state index in [1.807, 2.05) is 0 Å². The zero-order valence-corrected chi connectivity index (χ0v) is 12.3. The van der Waals surface area contributed by atoms with Crippen molar-refractivity contribution >= 4 is 37.6 Å². The predicted octanol–water partition coefficient (Wildman–Crippen LogP) is 3.18. The summed E-state index contributed by atoms with van der Waals surface area (Å²) in [4.78, 5) is 0.244. The van der Waals surface area contributed by atoms with Crippen LogP contribution in [0.3, 0.4) is 0 Å². The van der Waals surface area contributed by atoms with E-state index in [1.54, 1.807) is 6.07 Å². The summed E-state index contributed by atoms with van der Waals surface area (Å²) in [5.74, 6) is 0.500. The Bertz CT molecular complexity index is 514. The van der Waals surface area contributed by atoms with Crippen LogP contribution < -0.4 is 4.72 Å². The van der Waals surface area contributed by atoms with Crippen LogP contribution in [0, 0.1) is 5.92 Å². The molecule has 0 radical (unpaired) electrons. The van der Waals surface area contributed by atoms with Crippen molar-refractivity contribution in [3.63, 3.8) is 0 Å². The second-order valence-corrected chi connectivity index (χ2v) is 7.25. The molecule has 0 heterocycles. The van der Waals surface area contributed by atoms with E-state index in [9.17, 15) is 8.42 Å². The topological polar surface area (TPSA) is 46.2 Å². The molecule has 2 rings (SSSR count). The molecule has 1 fully saturated rings. The Kier molecular flexibility index (Phi) is 4.13. The van der Waals surface area contributed by atoms with E-state index in [0.29, 0.717) is 22.0 Å². The van der Waals surface area contributed by atoms with E-state index in [1.165, 1.54) is 18.6 Å². The smallest absolute Gasteiger partial charge is 0.211 e. The predicted molar refractivity (Wildman–Crippen MR) is 71.7 cm³/mol. The van der Waals surface area contributed by atoms with Crippen molar-refractivity contribution in [1.82, 2.24) is 4.72 Å². The lowest BCUT2D eigenvalue weighted by molar-refractivity contribution is 0.316. The first kappa shape index (κ1) is 13.3. The lowest BCUT2D eigenvalue weighted by Crippen LogP contribution is -2.32. The van der Waals surface area contributed by atoms with Gasteiger partial charge in [0.2, 0.25) is 10.0 Å². The quantitative estimate of drug-likeness (QED) is 0.916. The van der Waals surface area contributed by atoms with Gasteiger partial charge in [-0.2, -0.15) is 0 Å². The monoisotopic (exact) mass is 337 g/mol. The van der Waals surface area contributed by atoms with E-state index in [4.69, 9.17) is 11.6 Å². The molecule has 1 aliphatic carbocycles. The minimum Gasteiger partial charge on any atom is -0.211 e. The molecular weight excluding hydrogens is 326 g/mol. The molecule has 1 N–H and O–H groups in total. The van der Waals surface area contributed by atoms with Crippen molar-refractivity contribution in [1.29, 1.82) is 0 Å². The van der Waals surface area contributed by atoms with Crippen LogP contribution in [-0.4, -0.2) is 15.0 Å². The molecule has 3 nitrogen and oxygen atoms in total. The first-order valence-electron chi connectivity index (χ1n) is 5.44. The molecule has 1 aromatic carbocycles. The summed E-state index contributed by atoms with van der Waals surface area (Å²) in [5.41, 5.74) is 0. The van der Waals surface area contributed by atoms with Crippen molar-refractivity contribution in [2.75, 3.05) is 6.54 Å². The van der Waals surface area contributed by atoms with Gasteiger partial charge in [0.05, 0.1) is 9.92 Å². The maximum absolute atomic E-state index is 12.0. The third-order valence-electron chi connectivity index (χ3n) is 2.99. The molecule has 94 valence electrons. The van der Waals surface area contributed by atoms with Crippen LogP contribution in [0.4, 0.5) is 0 Å². The van der Waals surface area contributed by atoms with Gasteiger partial charge < -0.3 is 0 Å². The molecule has 0 aliphatic heterocycles. The lowest BCUT2D eigenvalue weighted by atomic mass is 9.86. The summed E-state index contributed by atoms with van der Waals surface area (Å²) < 4.78 is 27.2. The Morgan fingerprint density at radius 1 is 1.41 bits per heavy atom. The molecule has 1 saturated carbocycles. The van der Waals surface area contributed by atoms with Crippen molar-refractivity contribution in [2.45, 2.75) is 24.2 Å². The third kappa shape index (κ3) is 3.22. The molecule has 6 heteroatoms. The van der Waals surface area contributed by atoms with Gasteiger partial charge in [-0.1, -0.05) is 18.0 Å². The summed E-state index contributed by atoms with van der Waals surface area (Å²) in [5, 5.41) is 0.503. The number of sulfonamides is 1. The van der Waals surface area contributed by atoms with Crippen LogP contribution in [0.2, 0.25) is 5.02 Å². The Labute approximate surface area is 115 Å². The first-order valence-corrected chi connectivity index (χ1v) is 8.09. The van der Waals surface area contributed by atoms with Gasteiger partial charge in [-0.05, 0) is 52.9 Å². The van der Waals surface area contributed by atoms with Crippen LogP contribution in [-0.2, 0) is 10.0 Å². The molecule has 1 aliphatic rings. The van der Waals surface area contributed by atoms with Crippen LogP contribution in [0.1, 0.15) is 19.3 Å². The summed E-state index contributed by atoms with van der Waals surface area (Å²) in [6, 6.07) is 4.60. The van der Waals surface area contributed by atoms with Crippen molar-refractivity contribution in [3.8, 4) is 0 Å². The molecule has 0 atom stereocenters. The van der Waals surface area contributed by atoms with E-state index < -0.39 is 10.0 Å². The fourth-order valence-corrected chi connectivity index (χ4v) is 3.44. The number of nitrogens with one attached hydrogen (secondary N) is 1. The molecule has 0 unspecified atom stereocenters. The highest BCUT2D eigenvalue weighted by Crippen LogP contribution is 2.27. The second kappa shape index (κ2) is 5.26. The van der Waals surface area contributed by atoms with Gasteiger partial charge in [-0.3, -0.25) is 0 Å². The summed E-state index contributed by atoms with van der Waals surface area (Å²) >= 11 is 9.05. The Hall–Kier alpha value is -0.100. The summed E-state index contributed by atoms with van der Waals surface area (Å²) in [6.07, 6.45) is 3.44. The molecular formula is C11H13BrClNO2S. The van der Waals surface area contributed by atoms with E-state index in [-0.39, 0.29) is 4.90 Å². The minimum absolute atomic E-state index is 0.244. The van der Waals surface area contributed by atoms with Crippen molar-refractivity contribution in [3.05, 3.63) is 27.7 Å². The summed E-state index contributed by atoms with van der Waals surface area (Å²) in [7, 11) is -3.41. The van der Waals surface area contributed by atoms with Crippen molar-refractivity contribution in [2.24, 2.45) is 5.92 Å². The van der Waals surface area contributed by atoms with Gasteiger partial charge >= 0.3 is 0 Å². The molecule has 0 spiro atoms. The van der Waals surface area contributed by atoms with Gasteiger partial charge in [0.1, 0.15) is 0 Å². The van der Waals surface area contributed by atoms with Crippen LogP contribution in [0.25, 0.3) is 0 Å². The number of hydrogen-bond acceptors (Lipinski definition) is 2. The van der Waals surface area contributed by atoms with E-state index in [0.717, 1.165) is 12.8 Å². The van der Waals surface area contributed by atoms with Gasteiger partial charge in [0.15, 0.2) is 0 Å². The Balaban J connectivity index is 2.10. The van der Waals surface area contributed by atoms with Gasteiger partial charge in [-0.25, -0.2) is 13.1 Å². The van der Waals surface area contributed by atoms with Crippen molar-refractivity contribution < 1.29 is 8.42 Å². The standard InChI is InChI=1S/C11H13BrClNO2S/c12-10-6-9(4-5-11(10)13)17(15,16)14-7-8-2-1-3-8/h4-6,8,14H,1-3,7H2. The SMILES string of the molecule is O=S(=O)(NCC1CCC1)c1ccc(Cl)c(Br)c1. The Morgan fingerprint density at radius 2 is 2.12 bits per heavy atom. The second-order valence-electron chi connectivity index (χ2n) is 4.22. The maximum Gasteiger partial charge on any atom is 0.240 e. The minimum atomic E-state index is -3.41. The number of rotatable bonds is 4.